The van der Waals surface area contributed by atoms with Crippen LogP contribution >= 0.6 is 0 Å². The van der Waals surface area contributed by atoms with Crippen LogP contribution in [0.25, 0.3) is 0 Å². The van der Waals surface area contributed by atoms with Crippen molar-refractivity contribution in [2.45, 2.75) is 25.3 Å². The second-order valence-corrected chi connectivity index (χ2v) is 7.63. The summed E-state index contributed by atoms with van der Waals surface area (Å²) in [6, 6.07) is 12.4. The van der Waals surface area contributed by atoms with E-state index in [0.29, 0.717) is 17.9 Å². The van der Waals surface area contributed by atoms with Crippen LogP contribution in [-0.4, -0.2) is 30.8 Å². The van der Waals surface area contributed by atoms with Crippen LogP contribution in [0.5, 0.6) is 11.5 Å². The van der Waals surface area contributed by atoms with Gasteiger partial charge in [-0.3, -0.25) is 4.79 Å². The van der Waals surface area contributed by atoms with Crippen molar-refractivity contribution < 1.29 is 15.0 Å². The molecule has 0 unspecified atom stereocenters. The van der Waals surface area contributed by atoms with Crippen molar-refractivity contribution in [3.05, 3.63) is 77.3 Å². The highest BCUT2D eigenvalue weighted by Crippen LogP contribution is 2.45. The average molecular weight is 388 g/mol. The number of hydrogen-bond acceptors (Lipinski definition) is 6. The standard InChI is InChI=1S/C22H20N4O3/c1-12-2-4-13(5-3-12)15-8-16-20(19(29)10-15)21(26-22(25-16)23-11-24-26)14-6-7-17(27)18(28)9-14/h2-9,11,15,20-21,27-28H,10H2,1H3,(H,23,24,25)/t15-,20-,21-/m0/s1. The summed E-state index contributed by atoms with van der Waals surface area (Å²) < 4.78 is 1.66. The number of fused-ring (bicyclic) bond motifs is 2. The molecule has 0 fully saturated rings. The minimum atomic E-state index is -0.463. The SMILES string of the molecule is Cc1ccc([C@H]2C=C3Nc4ncnn4[C@@H](c4ccc(O)c(O)c4)[C@@H]3C(=O)C2)cc1. The highest BCUT2D eigenvalue weighted by Gasteiger charge is 2.43. The molecule has 5 rings (SSSR count). The summed E-state index contributed by atoms with van der Waals surface area (Å²) in [6.45, 7) is 2.04. The van der Waals surface area contributed by atoms with Gasteiger partial charge in [-0.25, -0.2) is 4.68 Å². The van der Waals surface area contributed by atoms with Crippen LogP contribution in [-0.2, 0) is 4.79 Å². The average Bonchev–Trinajstić information content (AvgIpc) is 3.17. The zero-order chi connectivity index (χ0) is 20.1. The van der Waals surface area contributed by atoms with E-state index in [2.05, 4.69) is 45.7 Å². The number of phenols is 2. The van der Waals surface area contributed by atoms with E-state index < -0.39 is 12.0 Å². The van der Waals surface area contributed by atoms with Gasteiger partial charge in [-0.1, -0.05) is 42.0 Å². The third kappa shape index (κ3) is 2.86. The van der Waals surface area contributed by atoms with Gasteiger partial charge in [-0.05, 0) is 30.2 Å². The fourth-order valence-electron chi connectivity index (χ4n) is 4.26. The number of carbonyl (C=O) groups excluding carboxylic acids is 1. The van der Waals surface area contributed by atoms with E-state index in [1.165, 1.54) is 24.0 Å². The maximum absolute atomic E-state index is 13.3. The van der Waals surface area contributed by atoms with Crippen molar-refractivity contribution in [1.29, 1.82) is 0 Å². The van der Waals surface area contributed by atoms with Gasteiger partial charge in [-0.15, -0.1) is 0 Å². The molecular weight excluding hydrogens is 368 g/mol. The van der Waals surface area contributed by atoms with Crippen LogP contribution in [0.4, 0.5) is 5.95 Å². The van der Waals surface area contributed by atoms with E-state index in [1.807, 2.05) is 6.92 Å². The van der Waals surface area contributed by atoms with Crippen molar-refractivity contribution in [1.82, 2.24) is 14.8 Å². The summed E-state index contributed by atoms with van der Waals surface area (Å²) in [4.78, 5) is 17.6. The molecule has 3 atom stereocenters. The van der Waals surface area contributed by atoms with Crippen LogP contribution in [0.2, 0.25) is 0 Å². The third-order valence-corrected chi connectivity index (χ3v) is 5.74. The van der Waals surface area contributed by atoms with E-state index in [1.54, 1.807) is 10.7 Å². The number of hydrogen-bond donors (Lipinski definition) is 3. The predicted molar refractivity (Wildman–Crippen MR) is 107 cm³/mol. The number of nitrogens with one attached hydrogen (secondary N) is 1. The first kappa shape index (κ1) is 17.5. The minimum Gasteiger partial charge on any atom is -0.504 e. The van der Waals surface area contributed by atoms with Gasteiger partial charge >= 0.3 is 0 Å². The molecule has 0 saturated carbocycles. The molecule has 29 heavy (non-hydrogen) atoms. The van der Waals surface area contributed by atoms with E-state index >= 15 is 0 Å². The third-order valence-electron chi connectivity index (χ3n) is 5.74. The number of allylic oxidation sites excluding steroid dienone is 2. The van der Waals surface area contributed by atoms with E-state index in [9.17, 15) is 15.0 Å². The van der Waals surface area contributed by atoms with Crippen molar-refractivity contribution in [3.8, 4) is 11.5 Å². The Morgan fingerprint density at radius 1 is 1.07 bits per heavy atom. The van der Waals surface area contributed by atoms with Gasteiger partial charge in [0, 0.05) is 18.0 Å². The smallest absolute Gasteiger partial charge is 0.226 e. The number of anilines is 1. The zero-order valence-electron chi connectivity index (χ0n) is 15.8. The van der Waals surface area contributed by atoms with Crippen LogP contribution in [0.1, 0.15) is 35.1 Å². The maximum atomic E-state index is 13.3. The molecule has 3 aromatic rings. The molecule has 0 saturated heterocycles. The van der Waals surface area contributed by atoms with Gasteiger partial charge in [0.05, 0.1) is 12.0 Å². The Morgan fingerprint density at radius 3 is 2.59 bits per heavy atom. The first-order valence-electron chi connectivity index (χ1n) is 9.50. The number of aromatic nitrogens is 3. The Bertz CT molecular complexity index is 1130. The summed E-state index contributed by atoms with van der Waals surface area (Å²) in [5.41, 5.74) is 3.76. The monoisotopic (exact) mass is 388 g/mol. The fraction of sp³-hybridized carbons (Fsp3) is 0.227. The molecule has 0 spiro atoms. The summed E-state index contributed by atoms with van der Waals surface area (Å²) in [5, 5.41) is 27.2. The molecule has 2 heterocycles. The lowest BCUT2D eigenvalue weighted by Gasteiger charge is -2.38. The number of carbonyl (C=O) groups is 1. The molecule has 0 radical (unpaired) electrons. The first-order valence-corrected chi connectivity index (χ1v) is 9.50. The second kappa shape index (κ2) is 6.48. The van der Waals surface area contributed by atoms with Crippen LogP contribution in [0, 0.1) is 12.8 Å². The normalized spacial score (nSPS) is 23.0. The molecule has 146 valence electrons. The second-order valence-electron chi connectivity index (χ2n) is 7.63. The number of rotatable bonds is 2. The Balaban J connectivity index is 1.61. The van der Waals surface area contributed by atoms with Gasteiger partial charge in [0.2, 0.25) is 5.95 Å². The molecule has 1 aromatic heterocycles. The quantitative estimate of drug-likeness (QED) is 0.583. The molecule has 0 amide bonds. The molecule has 2 aliphatic rings. The Morgan fingerprint density at radius 2 is 1.83 bits per heavy atom. The van der Waals surface area contributed by atoms with Crippen molar-refractivity contribution in [2.24, 2.45) is 5.92 Å². The Kier molecular flexibility index (Phi) is 3.91. The van der Waals surface area contributed by atoms with Crippen LogP contribution < -0.4 is 5.32 Å². The summed E-state index contributed by atoms with van der Waals surface area (Å²) in [5.74, 6) is -0.262. The molecule has 7 nitrogen and oxygen atoms in total. The lowest BCUT2D eigenvalue weighted by molar-refractivity contribution is -0.123. The van der Waals surface area contributed by atoms with Gasteiger partial charge < -0.3 is 15.5 Å². The maximum Gasteiger partial charge on any atom is 0.226 e. The first-order chi connectivity index (χ1) is 14.0. The predicted octanol–water partition coefficient (Wildman–Crippen LogP) is 3.27. The molecule has 7 heteroatoms. The van der Waals surface area contributed by atoms with E-state index in [4.69, 9.17) is 0 Å². The van der Waals surface area contributed by atoms with Gasteiger partial charge in [0.15, 0.2) is 11.5 Å². The number of ketones is 1. The lowest BCUT2D eigenvalue weighted by atomic mass is 9.75. The number of aryl methyl sites for hydroxylation is 1. The van der Waals surface area contributed by atoms with Gasteiger partial charge in [0.25, 0.3) is 0 Å². The Hall–Kier alpha value is -3.61. The number of phenolic OH excluding ortho intramolecular Hbond substituents is 2. The van der Waals surface area contributed by atoms with Crippen LogP contribution in [0.3, 0.4) is 0 Å². The van der Waals surface area contributed by atoms with E-state index in [-0.39, 0.29) is 23.2 Å². The lowest BCUT2D eigenvalue weighted by Crippen LogP contribution is -2.40. The molecule has 1 aliphatic heterocycles. The van der Waals surface area contributed by atoms with Crippen molar-refractivity contribution >= 4 is 11.7 Å². The summed E-state index contributed by atoms with van der Waals surface area (Å²) >= 11 is 0. The Labute approximate surface area is 167 Å². The molecule has 2 aromatic carbocycles. The van der Waals surface area contributed by atoms with Crippen molar-refractivity contribution in [2.75, 3.05) is 5.32 Å². The van der Waals surface area contributed by atoms with E-state index in [0.717, 1.165) is 11.3 Å². The number of benzene rings is 2. The van der Waals surface area contributed by atoms with Gasteiger partial charge in [0.1, 0.15) is 12.1 Å². The zero-order valence-corrected chi connectivity index (χ0v) is 15.8. The largest absolute Gasteiger partial charge is 0.504 e. The number of Topliss-reactive ketones (excluding diaryl/α,β-unsaturated/α-hetero) is 1. The minimum absolute atomic E-state index is 0.00908. The number of aromatic hydroxyl groups is 2. The molecule has 0 bridgehead atoms. The molecule has 3 N–H and O–H groups in total. The molecular formula is C22H20N4O3. The topological polar surface area (TPSA) is 100 Å². The summed E-state index contributed by atoms with van der Waals surface area (Å²) in [7, 11) is 0. The van der Waals surface area contributed by atoms with Crippen LogP contribution in [0.15, 0.2) is 60.6 Å². The number of nitrogens with zero attached hydrogens (tertiary/aromatic N) is 3. The fourth-order valence-corrected chi connectivity index (χ4v) is 4.26. The van der Waals surface area contributed by atoms with Crippen molar-refractivity contribution in [3.63, 3.8) is 0 Å². The summed E-state index contributed by atoms with van der Waals surface area (Å²) in [6.07, 6.45) is 3.93. The highest BCUT2D eigenvalue weighted by molar-refractivity contribution is 5.88. The van der Waals surface area contributed by atoms with Gasteiger partial charge in [-0.2, -0.15) is 10.1 Å². The highest BCUT2D eigenvalue weighted by atomic mass is 16.3. The molecule has 1 aliphatic carbocycles.